The molecule has 0 atom stereocenters. The Balaban J connectivity index is 0.00000341. The van der Waals surface area contributed by atoms with Gasteiger partial charge in [0.1, 0.15) is 5.82 Å². The smallest absolute Gasteiger partial charge is 0.243 e. The molecule has 0 amide bonds. The van der Waals surface area contributed by atoms with Crippen molar-refractivity contribution in [1.29, 1.82) is 0 Å². The molecule has 0 spiro atoms. The zero-order valence-corrected chi connectivity index (χ0v) is 20.8. The average Bonchev–Trinajstić information content (AvgIpc) is 2.77. The van der Waals surface area contributed by atoms with Gasteiger partial charge in [-0.2, -0.15) is 4.31 Å². The van der Waals surface area contributed by atoms with Gasteiger partial charge in [-0.05, 0) is 43.5 Å². The first kappa shape index (κ1) is 25.5. The maximum Gasteiger partial charge on any atom is 0.243 e. The molecule has 2 aromatic carbocycles. The highest BCUT2D eigenvalue weighted by Crippen LogP contribution is 2.21. The summed E-state index contributed by atoms with van der Waals surface area (Å²) in [5, 5.41) is 6.26. The molecule has 2 aromatic rings. The Kier molecular flexibility index (Phi) is 10.2. The summed E-state index contributed by atoms with van der Waals surface area (Å²) in [6.07, 6.45) is 2.92. The van der Waals surface area contributed by atoms with Crippen LogP contribution in [0.4, 0.5) is 4.39 Å². The minimum absolute atomic E-state index is 0. The molecule has 3 rings (SSSR count). The van der Waals surface area contributed by atoms with E-state index >= 15 is 0 Å². The van der Waals surface area contributed by atoms with Crippen LogP contribution in [0.5, 0.6) is 0 Å². The second kappa shape index (κ2) is 12.4. The molecule has 1 fully saturated rings. The van der Waals surface area contributed by atoms with E-state index in [1.54, 1.807) is 46.8 Å². The van der Waals surface area contributed by atoms with Crippen LogP contribution in [-0.4, -0.2) is 38.3 Å². The summed E-state index contributed by atoms with van der Waals surface area (Å²) in [5.74, 6) is 0.317. The molecular formula is C22H30FIN4O2S. The number of guanidine groups is 1. The van der Waals surface area contributed by atoms with Crippen molar-refractivity contribution in [1.82, 2.24) is 14.9 Å². The van der Waals surface area contributed by atoms with Crippen LogP contribution in [0.2, 0.25) is 0 Å². The van der Waals surface area contributed by atoms with Crippen molar-refractivity contribution in [2.75, 3.05) is 19.6 Å². The molecule has 0 aromatic heterocycles. The molecule has 2 N–H and O–H groups in total. The van der Waals surface area contributed by atoms with E-state index in [0.717, 1.165) is 24.8 Å². The monoisotopic (exact) mass is 560 g/mol. The van der Waals surface area contributed by atoms with Crippen LogP contribution in [0.3, 0.4) is 0 Å². The summed E-state index contributed by atoms with van der Waals surface area (Å²) < 4.78 is 40.9. The molecule has 0 bridgehead atoms. The van der Waals surface area contributed by atoms with Crippen molar-refractivity contribution in [2.24, 2.45) is 4.99 Å². The van der Waals surface area contributed by atoms with Gasteiger partial charge in [-0.25, -0.2) is 17.8 Å². The minimum atomic E-state index is -3.42. The lowest BCUT2D eigenvalue weighted by atomic mass is 10.2. The molecule has 170 valence electrons. The number of halogens is 2. The van der Waals surface area contributed by atoms with E-state index in [0.29, 0.717) is 49.1 Å². The first-order valence-corrected chi connectivity index (χ1v) is 11.8. The fourth-order valence-electron chi connectivity index (χ4n) is 3.35. The predicted molar refractivity (Wildman–Crippen MR) is 133 cm³/mol. The number of nitrogens with zero attached hydrogens (tertiary/aromatic N) is 2. The lowest BCUT2D eigenvalue weighted by Crippen LogP contribution is -2.37. The largest absolute Gasteiger partial charge is 0.357 e. The van der Waals surface area contributed by atoms with Gasteiger partial charge in [-0.1, -0.05) is 36.8 Å². The molecule has 9 heteroatoms. The van der Waals surface area contributed by atoms with Crippen LogP contribution in [0.1, 0.15) is 37.3 Å². The van der Waals surface area contributed by atoms with Crippen molar-refractivity contribution in [3.63, 3.8) is 0 Å². The summed E-state index contributed by atoms with van der Waals surface area (Å²) in [7, 11) is -3.42. The van der Waals surface area contributed by atoms with Crippen LogP contribution in [0, 0.1) is 5.82 Å². The quantitative estimate of drug-likeness (QED) is 0.307. The van der Waals surface area contributed by atoms with E-state index in [1.807, 2.05) is 6.92 Å². The Morgan fingerprint density at radius 2 is 1.71 bits per heavy atom. The molecule has 1 heterocycles. The third-order valence-corrected chi connectivity index (χ3v) is 6.96. The number of aliphatic imine (C=N–C) groups is 1. The highest BCUT2D eigenvalue weighted by molar-refractivity contribution is 14.0. The van der Waals surface area contributed by atoms with Gasteiger partial charge in [0.05, 0.1) is 11.4 Å². The molecule has 0 radical (unpaired) electrons. The van der Waals surface area contributed by atoms with Crippen LogP contribution >= 0.6 is 24.0 Å². The molecule has 1 aliphatic heterocycles. The van der Waals surface area contributed by atoms with Gasteiger partial charge in [0.2, 0.25) is 10.0 Å². The Morgan fingerprint density at radius 1 is 1.03 bits per heavy atom. The van der Waals surface area contributed by atoms with Gasteiger partial charge in [0, 0.05) is 31.7 Å². The second-order valence-corrected chi connectivity index (χ2v) is 9.19. The van der Waals surface area contributed by atoms with Crippen molar-refractivity contribution in [3.05, 3.63) is 65.5 Å². The van der Waals surface area contributed by atoms with Crippen LogP contribution in [0.15, 0.2) is 58.4 Å². The molecule has 0 unspecified atom stereocenters. The number of piperidine rings is 1. The van der Waals surface area contributed by atoms with Gasteiger partial charge in [0.25, 0.3) is 0 Å². The fourth-order valence-corrected chi connectivity index (χ4v) is 4.87. The summed E-state index contributed by atoms with van der Waals surface area (Å²) in [4.78, 5) is 4.84. The second-order valence-electron chi connectivity index (χ2n) is 7.25. The number of nitrogens with one attached hydrogen (secondary N) is 2. The number of sulfonamides is 1. The highest BCUT2D eigenvalue weighted by atomic mass is 127. The van der Waals surface area contributed by atoms with Crippen molar-refractivity contribution in [3.8, 4) is 0 Å². The average molecular weight is 560 g/mol. The van der Waals surface area contributed by atoms with E-state index in [-0.39, 0.29) is 29.8 Å². The topological polar surface area (TPSA) is 73.8 Å². The lowest BCUT2D eigenvalue weighted by Gasteiger charge is -2.25. The molecule has 0 aliphatic carbocycles. The molecular weight excluding hydrogens is 530 g/mol. The first-order chi connectivity index (χ1) is 14.5. The van der Waals surface area contributed by atoms with E-state index in [2.05, 4.69) is 15.6 Å². The summed E-state index contributed by atoms with van der Waals surface area (Å²) in [6, 6.07) is 13.5. The van der Waals surface area contributed by atoms with Gasteiger partial charge in [-0.3, -0.25) is 0 Å². The number of hydrogen-bond donors (Lipinski definition) is 2. The first-order valence-electron chi connectivity index (χ1n) is 10.4. The summed E-state index contributed by atoms with van der Waals surface area (Å²) in [5.41, 5.74) is 1.46. The van der Waals surface area contributed by atoms with E-state index in [4.69, 9.17) is 0 Å². The summed E-state index contributed by atoms with van der Waals surface area (Å²) >= 11 is 0. The minimum Gasteiger partial charge on any atom is -0.357 e. The van der Waals surface area contributed by atoms with Crippen LogP contribution in [-0.2, 0) is 23.1 Å². The van der Waals surface area contributed by atoms with E-state index in [1.165, 1.54) is 6.07 Å². The van der Waals surface area contributed by atoms with Gasteiger partial charge >= 0.3 is 0 Å². The van der Waals surface area contributed by atoms with Gasteiger partial charge in [-0.15, -0.1) is 24.0 Å². The van der Waals surface area contributed by atoms with E-state index < -0.39 is 10.0 Å². The zero-order chi connectivity index (χ0) is 21.4. The van der Waals surface area contributed by atoms with Crippen molar-refractivity contribution in [2.45, 2.75) is 44.2 Å². The molecule has 31 heavy (non-hydrogen) atoms. The summed E-state index contributed by atoms with van der Waals surface area (Å²) in [6.45, 7) is 4.53. The maximum absolute atomic E-state index is 13.8. The molecule has 1 saturated heterocycles. The lowest BCUT2D eigenvalue weighted by molar-refractivity contribution is 0.346. The number of rotatable bonds is 7. The number of benzene rings is 2. The Bertz CT molecular complexity index is 962. The SMILES string of the molecule is CCNC(=NCc1ccc(S(=O)(=O)N2CCCCC2)cc1)NCc1ccccc1F.I. The van der Waals surface area contributed by atoms with Crippen LogP contribution in [0.25, 0.3) is 0 Å². The maximum atomic E-state index is 13.8. The fraction of sp³-hybridized carbons (Fsp3) is 0.409. The van der Waals surface area contributed by atoms with Gasteiger partial charge in [0.15, 0.2) is 5.96 Å². The number of hydrogen-bond acceptors (Lipinski definition) is 3. The zero-order valence-electron chi connectivity index (χ0n) is 17.7. The third kappa shape index (κ3) is 7.15. The van der Waals surface area contributed by atoms with E-state index in [9.17, 15) is 12.8 Å². The standard InChI is InChI=1S/C22H29FN4O2S.HI/c1-2-24-22(26-17-19-8-4-5-9-21(19)23)25-16-18-10-12-20(13-11-18)30(28,29)27-14-6-3-7-15-27;/h4-5,8-13H,2-3,6-7,14-17H2,1H3,(H2,24,25,26);1H. The molecule has 0 saturated carbocycles. The Hall–Kier alpha value is -1.72. The van der Waals surface area contributed by atoms with Gasteiger partial charge < -0.3 is 10.6 Å². The molecule has 1 aliphatic rings. The van der Waals surface area contributed by atoms with Crippen LogP contribution < -0.4 is 10.6 Å². The van der Waals surface area contributed by atoms with Crippen molar-refractivity contribution < 1.29 is 12.8 Å². The molecule has 6 nitrogen and oxygen atoms in total. The third-order valence-electron chi connectivity index (χ3n) is 5.04. The Labute approximate surface area is 201 Å². The van der Waals surface area contributed by atoms with Crippen molar-refractivity contribution >= 4 is 40.0 Å². The Morgan fingerprint density at radius 3 is 2.35 bits per heavy atom. The predicted octanol–water partition coefficient (Wildman–Crippen LogP) is 3.87. The normalized spacial score (nSPS) is 15.2. The highest BCUT2D eigenvalue weighted by Gasteiger charge is 2.25.